The first-order valence-electron chi connectivity index (χ1n) is 3.39. The minimum atomic E-state index is -0.960. The molecule has 4 nitrogen and oxygen atoms in total. The highest BCUT2D eigenvalue weighted by Crippen LogP contribution is 2.04. The van der Waals surface area contributed by atoms with Crippen LogP contribution >= 0.6 is 0 Å². The molecule has 4 N–H and O–H groups in total. The maximum atomic E-state index is 10.2. The molecule has 0 aliphatic heterocycles. The summed E-state index contributed by atoms with van der Waals surface area (Å²) >= 11 is 0. The summed E-state index contributed by atoms with van der Waals surface area (Å²) in [7, 11) is 0. The number of allylic oxidation sites excluding steroid dienone is 1. The number of carbonyl (C=O) groups is 1. The van der Waals surface area contributed by atoms with Gasteiger partial charge < -0.3 is 11.3 Å². The van der Waals surface area contributed by atoms with Gasteiger partial charge in [0, 0.05) is 5.57 Å². The minimum absolute atomic E-state index is 0. The topological polar surface area (TPSA) is 96.1 Å². The number of rotatable bonds is 3. The number of nitriles is 1. The largest absolute Gasteiger partial charge is 0.481 e. The number of carboxylic acids is 1. The third-order valence-corrected chi connectivity index (χ3v) is 1.02. The average molecular weight is 170 g/mol. The fourth-order valence-corrected chi connectivity index (χ4v) is 0.701. The first-order valence-corrected chi connectivity index (χ1v) is 3.39. The minimum Gasteiger partial charge on any atom is -0.481 e. The van der Waals surface area contributed by atoms with Crippen LogP contribution < -0.4 is 6.15 Å². The van der Waals surface area contributed by atoms with Crippen LogP contribution in [0.1, 0.15) is 20.3 Å². The molecule has 0 fully saturated rings. The van der Waals surface area contributed by atoms with Crippen LogP contribution in [0.4, 0.5) is 0 Å². The second-order valence-corrected chi connectivity index (χ2v) is 2.62. The van der Waals surface area contributed by atoms with E-state index in [4.69, 9.17) is 10.4 Å². The zero-order chi connectivity index (χ0) is 8.85. The van der Waals surface area contributed by atoms with E-state index in [2.05, 4.69) is 0 Å². The van der Waals surface area contributed by atoms with E-state index in [9.17, 15) is 4.79 Å². The molecule has 0 spiro atoms. The molecule has 12 heavy (non-hydrogen) atoms. The second-order valence-electron chi connectivity index (χ2n) is 2.62. The summed E-state index contributed by atoms with van der Waals surface area (Å²) in [5, 5.41) is 16.8. The third kappa shape index (κ3) is 6.78. The van der Waals surface area contributed by atoms with Gasteiger partial charge in [-0.15, -0.1) is 0 Å². The van der Waals surface area contributed by atoms with Gasteiger partial charge in [0.15, 0.2) is 0 Å². The van der Waals surface area contributed by atoms with Crippen LogP contribution in [-0.2, 0) is 4.79 Å². The lowest BCUT2D eigenvalue weighted by Gasteiger charge is -1.96. The highest BCUT2D eigenvalue weighted by molar-refractivity contribution is 5.71. The van der Waals surface area contributed by atoms with Gasteiger partial charge in [0.05, 0.1) is 12.5 Å². The van der Waals surface area contributed by atoms with Crippen LogP contribution in [0.5, 0.6) is 0 Å². The molecule has 0 rings (SSSR count). The van der Waals surface area contributed by atoms with Crippen LogP contribution in [0.15, 0.2) is 11.6 Å². The number of hydrogen-bond donors (Lipinski definition) is 2. The predicted octanol–water partition coefficient (Wildman–Crippen LogP) is 1.73. The van der Waals surface area contributed by atoms with Crippen LogP contribution in [0.3, 0.4) is 0 Å². The molecule has 0 aliphatic carbocycles. The second kappa shape index (κ2) is 6.38. The lowest BCUT2D eigenvalue weighted by molar-refractivity contribution is -0.136. The first kappa shape index (κ1) is 13.3. The molecule has 68 valence electrons. The van der Waals surface area contributed by atoms with Crippen molar-refractivity contribution in [1.29, 1.82) is 5.26 Å². The molecule has 4 heteroatoms. The quantitative estimate of drug-likeness (QED) is 0.630. The molecular weight excluding hydrogens is 156 g/mol. The smallest absolute Gasteiger partial charge is 0.308 e. The third-order valence-electron chi connectivity index (χ3n) is 1.02. The van der Waals surface area contributed by atoms with Gasteiger partial charge >= 0.3 is 5.97 Å². The van der Waals surface area contributed by atoms with Crippen LogP contribution in [0.2, 0.25) is 0 Å². The van der Waals surface area contributed by atoms with Crippen molar-refractivity contribution in [1.82, 2.24) is 6.15 Å². The summed E-state index contributed by atoms with van der Waals surface area (Å²) in [5.74, 6) is -0.734. The number of aliphatic carboxylic acids is 1. The molecule has 0 radical (unpaired) electrons. The standard InChI is InChI=1S/C8H11NO2.H3N/c1-6(2)3-7(5-9)4-8(10)11;/h3,6H,4H2,1-2H3,(H,10,11);1H3. The molecule has 0 aromatic heterocycles. The van der Waals surface area contributed by atoms with Crippen molar-refractivity contribution in [2.45, 2.75) is 20.3 Å². The van der Waals surface area contributed by atoms with Gasteiger partial charge in [-0.05, 0) is 5.92 Å². The Labute approximate surface area is 72.1 Å². The number of carboxylic acid groups (broad SMARTS) is 1. The summed E-state index contributed by atoms with van der Waals surface area (Å²) < 4.78 is 0. The summed E-state index contributed by atoms with van der Waals surface area (Å²) in [5.41, 5.74) is 0.326. The van der Waals surface area contributed by atoms with E-state index in [1.54, 1.807) is 6.08 Å². The van der Waals surface area contributed by atoms with E-state index in [1.807, 2.05) is 19.9 Å². The van der Waals surface area contributed by atoms with Crippen molar-refractivity contribution in [3.63, 3.8) is 0 Å². The maximum absolute atomic E-state index is 10.2. The van der Waals surface area contributed by atoms with Gasteiger partial charge in [0.25, 0.3) is 0 Å². The lowest BCUT2D eigenvalue weighted by atomic mass is 10.1. The monoisotopic (exact) mass is 170 g/mol. The molecule has 0 bridgehead atoms. The van der Waals surface area contributed by atoms with Crippen LogP contribution in [0, 0.1) is 17.2 Å². The molecule has 0 heterocycles. The van der Waals surface area contributed by atoms with E-state index < -0.39 is 5.97 Å². The molecular formula is C8H14N2O2. The van der Waals surface area contributed by atoms with Crippen molar-refractivity contribution in [2.24, 2.45) is 5.92 Å². The molecule has 0 atom stereocenters. The van der Waals surface area contributed by atoms with E-state index in [1.165, 1.54) is 0 Å². The van der Waals surface area contributed by atoms with Crippen molar-refractivity contribution in [2.75, 3.05) is 0 Å². The summed E-state index contributed by atoms with van der Waals surface area (Å²) in [6, 6.07) is 1.84. The summed E-state index contributed by atoms with van der Waals surface area (Å²) in [4.78, 5) is 10.2. The number of nitrogens with zero attached hydrogens (tertiary/aromatic N) is 1. The Morgan fingerprint density at radius 1 is 1.67 bits per heavy atom. The number of hydrogen-bond acceptors (Lipinski definition) is 3. The van der Waals surface area contributed by atoms with Crippen molar-refractivity contribution in [3.8, 4) is 6.07 Å². The average Bonchev–Trinajstić information content (AvgIpc) is 1.84. The fourth-order valence-electron chi connectivity index (χ4n) is 0.701. The van der Waals surface area contributed by atoms with Crippen molar-refractivity contribution >= 4 is 5.97 Å². The van der Waals surface area contributed by atoms with Crippen LogP contribution in [0.25, 0.3) is 0 Å². The predicted molar refractivity (Wildman–Crippen MR) is 45.8 cm³/mol. The van der Waals surface area contributed by atoms with Gasteiger partial charge in [-0.25, -0.2) is 0 Å². The van der Waals surface area contributed by atoms with E-state index in [0.717, 1.165) is 0 Å². The highest BCUT2D eigenvalue weighted by atomic mass is 16.4. The van der Waals surface area contributed by atoms with Gasteiger partial charge in [0.1, 0.15) is 0 Å². The van der Waals surface area contributed by atoms with Crippen molar-refractivity contribution in [3.05, 3.63) is 11.6 Å². The Morgan fingerprint density at radius 3 is 2.42 bits per heavy atom. The molecule has 0 aromatic carbocycles. The SMILES string of the molecule is CC(C)C=C(C#N)CC(=O)O.N. The zero-order valence-corrected chi connectivity index (χ0v) is 7.37. The van der Waals surface area contributed by atoms with Gasteiger partial charge in [-0.1, -0.05) is 19.9 Å². The van der Waals surface area contributed by atoms with Gasteiger partial charge in [-0.3, -0.25) is 4.79 Å². The maximum Gasteiger partial charge on any atom is 0.308 e. The Kier molecular flexibility index (Phi) is 7.05. The van der Waals surface area contributed by atoms with Crippen LogP contribution in [-0.4, -0.2) is 11.1 Å². The first-order chi connectivity index (χ1) is 5.06. The van der Waals surface area contributed by atoms with Gasteiger partial charge in [0.2, 0.25) is 0 Å². The molecule has 0 saturated carbocycles. The molecule has 0 aliphatic rings. The summed E-state index contributed by atoms with van der Waals surface area (Å²) in [6.45, 7) is 3.80. The normalized spacial score (nSPS) is 10.3. The fraction of sp³-hybridized carbons (Fsp3) is 0.500. The van der Waals surface area contributed by atoms with E-state index in [0.29, 0.717) is 5.57 Å². The molecule has 0 unspecified atom stereocenters. The lowest BCUT2D eigenvalue weighted by Crippen LogP contribution is -1.97. The Morgan fingerprint density at radius 2 is 2.17 bits per heavy atom. The summed E-state index contributed by atoms with van der Waals surface area (Å²) in [6.07, 6.45) is 1.49. The van der Waals surface area contributed by atoms with Crippen molar-refractivity contribution < 1.29 is 9.90 Å². The molecule has 0 saturated heterocycles. The molecule has 0 aromatic rings. The Balaban J connectivity index is 0. The molecule has 0 amide bonds. The van der Waals surface area contributed by atoms with E-state index >= 15 is 0 Å². The Hall–Kier alpha value is -1.34. The Bertz CT molecular complexity index is 214. The van der Waals surface area contributed by atoms with E-state index in [-0.39, 0.29) is 18.5 Å². The zero-order valence-electron chi connectivity index (χ0n) is 7.37. The van der Waals surface area contributed by atoms with Gasteiger partial charge in [-0.2, -0.15) is 5.26 Å². The highest BCUT2D eigenvalue weighted by Gasteiger charge is 2.02.